The smallest absolute Gasteiger partial charge is 0.352 e. The Bertz CT molecular complexity index is 1880. The normalized spacial score (nSPS) is 29.3. The van der Waals surface area contributed by atoms with Gasteiger partial charge in [0.25, 0.3) is 5.91 Å². The number of rotatable bonds is 8. The van der Waals surface area contributed by atoms with E-state index in [2.05, 4.69) is 22.4 Å². The molecular weight excluding hydrogens is 618 g/mol. The van der Waals surface area contributed by atoms with Gasteiger partial charge in [-0.15, -0.1) is 11.3 Å². The SMILES string of the molecule is C[C@@H](O)[C@H]1C(=O)N2C(C(=O)O)=C(c3ccc4c(c3)C(=O)c3ccc(C[N+]56CC[N+](CC(=O)Nc7nccs7)(CC5)CC6)cc3-4)[C@H](C)[C@H]12. The van der Waals surface area contributed by atoms with E-state index in [0.717, 1.165) is 65.9 Å². The number of aromatic nitrogens is 1. The highest BCUT2D eigenvalue weighted by molar-refractivity contribution is 7.13. The van der Waals surface area contributed by atoms with E-state index in [1.165, 1.54) is 21.8 Å². The first-order valence-electron chi connectivity index (χ1n) is 16.2. The number of carbonyl (C=O) groups is 4. The molecule has 0 unspecified atom stereocenters. The predicted octanol–water partition coefficient (Wildman–Crippen LogP) is 2.81. The molecule has 9 rings (SSSR count). The van der Waals surface area contributed by atoms with Crippen LogP contribution in [0.1, 0.15) is 40.9 Å². The van der Waals surface area contributed by atoms with Crippen LogP contribution < -0.4 is 5.32 Å². The number of aliphatic hydroxyl groups excluding tert-OH is 1. The minimum Gasteiger partial charge on any atom is -0.477 e. The van der Waals surface area contributed by atoms with Gasteiger partial charge in [-0.25, -0.2) is 9.78 Å². The maximum Gasteiger partial charge on any atom is 0.352 e. The first-order chi connectivity index (χ1) is 22.5. The standard InChI is InChI=1S/C35H35N5O6S/c1-19-28(31(34(45)46)38-30(19)29(20(2)41)33(38)44)22-4-6-23-25-15-21(3-5-24(25)32(43)26(23)16-22)17-39-8-11-40(12-9-39,13-10-39)18-27(42)37-35-36-7-14-47-35/h3-7,14-16,19-20,29-30,41H,8-13,17-18H2,1-2H3/p+2/t19-,20+,29+,30+,39?,40?/m0/s1. The third-order valence-electron chi connectivity index (χ3n) is 11.4. The molecule has 6 heterocycles. The van der Waals surface area contributed by atoms with Crippen LogP contribution in [0.25, 0.3) is 16.7 Å². The fraction of sp³-hybridized carbons (Fsp3) is 0.400. The average Bonchev–Trinajstić information content (AvgIpc) is 3.72. The highest BCUT2D eigenvalue weighted by atomic mass is 32.1. The molecule has 2 aromatic carbocycles. The zero-order valence-electron chi connectivity index (χ0n) is 26.3. The molecule has 0 saturated carbocycles. The summed E-state index contributed by atoms with van der Waals surface area (Å²) in [6, 6.07) is 11.2. The number of hydrogen-bond acceptors (Lipinski definition) is 7. The molecule has 12 heteroatoms. The lowest BCUT2D eigenvalue weighted by atomic mass is 9.76. The number of fused-ring (bicyclic) bond motifs is 7. The molecule has 0 spiro atoms. The summed E-state index contributed by atoms with van der Waals surface area (Å²) in [7, 11) is 0. The average molecular weight is 656 g/mol. The molecule has 1 aromatic heterocycles. The summed E-state index contributed by atoms with van der Waals surface area (Å²) < 4.78 is 1.79. The Morgan fingerprint density at radius 1 is 1.00 bits per heavy atom. The quantitative estimate of drug-likeness (QED) is 0.196. The number of nitrogens with zero attached hydrogens (tertiary/aromatic N) is 4. The number of benzene rings is 2. The van der Waals surface area contributed by atoms with Crippen LogP contribution in [0, 0.1) is 11.8 Å². The molecule has 2 bridgehead atoms. The molecule has 3 aromatic rings. The first-order valence-corrected chi connectivity index (χ1v) is 17.1. The zero-order chi connectivity index (χ0) is 32.8. The second-order valence-corrected chi connectivity index (χ2v) is 14.9. The summed E-state index contributed by atoms with van der Waals surface area (Å²) in [5, 5.41) is 25.8. The van der Waals surface area contributed by atoms with Gasteiger partial charge in [-0.05, 0) is 47.4 Å². The van der Waals surface area contributed by atoms with Gasteiger partial charge in [-0.1, -0.05) is 25.1 Å². The molecule has 5 aliphatic heterocycles. The number of carbonyl (C=O) groups excluding carboxylic acids is 3. The minimum atomic E-state index is -1.19. The second-order valence-electron chi connectivity index (χ2n) is 14.0. The number of amides is 2. The number of quaternary nitrogens is 2. The van der Waals surface area contributed by atoms with Gasteiger partial charge in [0.1, 0.15) is 51.5 Å². The summed E-state index contributed by atoms with van der Waals surface area (Å²) >= 11 is 1.43. The van der Waals surface area contributed by atoms with Crippen molar-refractivity contribution in [3.8, 4) is 11.1 Å². The largest absolute Gasteiger partial charge is 0.477 e. The minimum absolute atomic E-state index is 0.0205. The van der Waals surface area contributed by atoms with Crippen LogP contribution in [0.3, 0.4) is 0 Å². The van der Waals surface area contributed by atoms with E-state index < -0.39 is 24.0 Å². The van der Waals surface area contributed by atoms with Crippen molar-refractivity contribution in [3.63, 3.8) is 0 Å². The third kappa shape index (κ3) is 4.61. The summed E-state index contributed by atoms with van der Waals surface area (Å²) in [4.78, 5) is 57.1. The predicted molar refractivity (Wildman–Crippen MR) is 174 cm³/mol. The zero-order valence-corrected chi connectivity index (χ0v) is 27.1. The molecule has 11 nitrogen and oxygen atoms in total. The van der Waals surface area contributed by atoms with Crippen molar-refractivity contribution >= 4 is 45.6 Å². The number of anilines is 1. The number of carboxylic acid groups (broad SMARTS) is 1. The first kappa shape index (κ1) is 30.1. The van der Waals surface area contributed by atoms with Gasteiger partial charge in [0, 0.05) is 34.2 Å². The van der Waals surface area contributed by atoms with E-state index in [4.69, 9.17) is 0 Å². The van der Waals surface area contributed by atoms with Crippen molar-refractivity contribution in [3.05, 3.63) is 75.9 Å². The van der Waals surface area contributed by atoms with Crippen molar-refractivity contribution in [2.75, 3.05) is 51.1 Å². The number of piperazine rings is 3. The Morgan fingerprint density at radius 2 is 1.70 bits per heavy atom. The van der Waals surface area contributed by atoms with Gasteiger partial charge in [-0.3, -0.25) is 19.7 Å². The van der Waals surface area contributed by atoms with Crippen molar-refractivity contribution in [1.82, 2.24) is 9.88 Å². The number of aliphatic hydroxyl groups is 1. The lowest BCUT2D eigenvalue weighted by Crippen LogP contribution is -2.75. The molecule has 1 aliphatic carbocycles. The van der Waals surface area contributed by atoms with Crippen molar-refractivity contribution < 1.29 is 38.4 Å². The third-order valence-corrected chi connectivity index (χ3v) is 12.1. The molecule has 3 N–H and O–H groups in total. The Morgan fingerprint density at radius 3 is 2.36 bits per heavy atom. The molecule has 242 valence electrons. The van der Waals surface area contributed by atoms with Gasteiger partial charge < -0.3 is 24.1 Å². The van der Waals surface area contributed by atoms with Crippen LogP contribution in [-0.4, -0.2) is 111 Å². The lowest BCUT2D eigenvalue weighted by molar-refractivity contribution is -1.08. The monoisotopic (exact) mass is 655 g/mol. The molecular formula is C35H37N5O6S+2. The van der Waals surface area contributed by atoms with Gasteiger partial charge >= 0.3 is 5.97 Å². The fourth-order valence-corrected chi connectivity index (χ4v) is 9.44. The highest BCUT2D eigenvalue weighted by Gasteiger charge is 2.60. The van der Waals surface area contributed by atoms with Crippen LogP contribution in [0.15, 0.2) is 53.7 Å². The maximum absolute atomic E-state index is 13.7. The summed E-state index contributed by atoms with van der Waals surface area (Å²) in [5.74, 6) is -2.59. The van der Waals surface area contributed by atoms with Crippen LogP contribution >= 0.6 is 11.3 Å². The number of carboxylic acids is 1. The van der Waals surface area contributed by atoms with Crippen molar-refractivity contribution in [1.29, 1.82) is 0 Å². The summed E-state index contributed by atoms with van der Waals surface area (Å²) in [5.41, 5.74) is 5.15. The second kappa shape index (κ2) is 10.6. The Hall–Kier alpha value is -4.23. The van der Waals surface area contributed by atoms with E-state index in [1.54, 1.807) is 19.2 Å². The van der Waals surface area contributed by atoms with E-state index in [-0.39, 0.29) is 29.2 Å². The number of nitrogens with one attached hydrogen (secondary N) is 1. The molecule has 0 radical (unpaired) electrons. The van der Waals surface area contributed by atoms with E-state index in [9.17, 15) is 29.4 Å². The van der Waals surface area contributed by atoms with Crippen LogP contribution in [0.4, 0.5) is 5.13 Å². The molecule has 4 fully saturated rings. The van der Waals surface area contributed by atoms with E-state index >= 15 is 0 Å². The van der Waals surface area contributed by atoms with Crippen LogP contribution in [0.2, 0.25) is 0 Å². The van der Waals surface area contributed by atoms with E-state index in [1.807, 2.05) is 30.5 Å². The lowest BCUT2D eigenvalue weighted by Gasteiger charge is -2.55. The Balaban J connectivity index is 1.02. The van der Waals surface area contributed by atoms with Gasteiger partial charge in [0.15, 0.2) is 17.5 Å². The number of thiazole rings is 1. The molecule has 6 aliphatic rings. The summed E-state index contributed by atoms with van der Waals surface area (Å²) in [6.07, 6.45) is 0.810. The maximum atomic E-state index is 13.7. The number of aliphatic carboxylic acids is 1. The Labute approximate surface area is 275 Å². The van der Waals surface area contributed by atoms with Crippen molar-refractivity contribution in [2.24, 2.45) is 11.8 Å². The van der Waals surface area contributed by atoms with Crippen LogP contribution in [0.5, 0.6) is 0 Å². The van der Waals surface area contributed by atoms with E-state index in [0.29, 0.717) is 33.9 Å². The molecule has 2 amide bonds. The van der Waals surface area contributed by atoms with Gasteiger partial charge in [0.2, 0.25) is 5.91 Å². The van der Waals surface area contributed by atoms with Gasteiger partial charge in [-0.2, -0.15) is 0 Å². The number of β-lactam (4-membered cyclic amide) rings is 1. The molecule has 4 saturated heterocycles. The number of ketones is 1. The fourth-order valence-electron chi connectivity index (χ4n) is 8.90. The van der Waals surface area contributed by atoms with Gasteiger partial charge in [0.05, 0.1) is 18.1 Å². The van der Waals surface area contributed by atoms with Crippen molar-refractivity contribution in [2.45, 2.75) is 32.5 Å². The van der Waals surface area contributed by atoms with Crippen LogP contribution in [-0.2, 0) is 20.9 Å². The highest BCUT2D eigenvalue weighted by Crippen LogP contribution is 2.51. The molecule has 47 heavy (non-hydrogen) atoms. The number of hydrogen-bond donors (Lipinski definition) is 3. The summed E-state index contributed by atoms with van der Waals surface area (Å²) in [6.45, 7) is 10.6. The Kier molecular flexibility index (Phi) is 6.82. The topological polar surface area (TPSA) is 137 Å². The molecule has 4 atom stereocenters.